The lowest BCUT2D eigenvalue weighted by Crippen LogP contribution is -2.34. The van der Waals surface area contributed by atoms with Crippen molar-refractivity contribution in [2.24, 2.45) is 0 Å². The molecule has 0 aliphatic heterocycles. The summed E-state index contributed by atoms with van der Waals surface area (Å²) in [7, 11) is 0. The Morgan fingerprint density at radius 3 is 2.22 bits per heavy atom. The number of benzene rings is 3. The third kappa shape index (κ3) is 6.39. The standard InChI is InChI=1S/C25H25N3O3S/c1-3-15-31-21-12-9-19(10-13-21)24(30)28-25(32)26-20-11-14-22(17(2)16-20)27-23(29)18-7-5-4-6-8-18/h4-14,16H,3,15H2,1-2H3,(H,27,29)(H2,26,28,30,32). The lowest BCUT2D eigenvalue weighted by Gasteiger charge is -2.13. The molecular formula is C25H25N3O3S. The van der Waals surface area contributed by atoms with E-state index in [1.54, 1.807) is 48.5 Å². The fraction of sp³-hybridized carbons (Fsp3) is 0.160. The summed E-state index contributed by atoms with van der Waals surface area (Å²) in [5, 5.41) is 8.74. The van der Waals surface area contributed by atoms with E-state index in [-0.39, 0.29) is 16.9 Å². The highest BCUT2D eigenvalue weighted by Gasteiger charge is 2.10. The van der Waals surface area contributed by atoms with Gasteiger partial charge in [-0.05, 0) is 85.7 Å². The van der Waals surface area contributed by atoms with Crippen LogP contribution in [0, 0.1) is 6.92 Å². The zero-order valence-corrected chi connectivity index (χ0v) is 18.8. The topological polar surface area (TPSA) is 79.5 Å². The van der Waals surface area contributed by atoms with Crippen LogP contribution in [0.1, 0.15) is 39.6 Å². The third-order valence-corrected chi connectivity index (χ3v) is 4.79. The van der Waals surface area contributed by atoms with Crippen molar-refractivity contribution in [1.29, 1.82) is 0 Å². The van der Waals surface area contributed by atoms with Gasteiger partial charge in [0.2, 0.25) is 0 Å². The van der Waals surface area contributed by atoms with Gasteiger partial charge in [-0.2, -0.15) is 0 Å². The number of amides is 2. The Balaban J connectivity index is 1.56. The van der Waals surface area contributed by atoms with E-state index in [1.807, 2.05) is 38.1 Å². The molecule has 0 heterocycles. The number of rotatable bonds is 7. The van der Waals surface area contributed by atoms with Crippen molar-refractivity contribution in [3.8, 4) is 5.75 Å². The molecule has 7 heteroatoms. The predicted molar refractivity (Wildman–Crippen MR) is 131 cm³/mol. The van der Waals surface area contributed by atoms with E-state index in [4.69, 9.17) is 17.0 Å². The summed E-state index contributed by atoms with van der Waals surface area (Å²) < 4.78 is 5.52. The van der Waals surface area contributed by atoms with Crippen LogP contribution in [0.4, 0.5) is 11.4 Å². The molecule has 0 bridgehead atoms. The average Bonchev–Trinajstić information content (AvgIpc) is 2.80. The van der Waals surface area contributed by atoms with Crippen LogP contribution in [-0.2, 0) is 0 Å². The van der Waals surface area contributed by atoms with Gasteiger partial charge in [0, 0.05) is 22.5 Å². The maximum atomic E-state index is 12.4. The SMILES string of the molecule is CCCOc1ccc(C(=O)NC(=S)Nc2ccc(NC(=O)c3ccccc3)c(C)c2)cc1. The van der Waals surface area contributed by atoms with Crippen LogP contribution in [0.25, 0.3) is 0 Å². The molecule has 0 unspecified atom stereocenters. The van der Waals surface area contributed by atoms with Gasteiger partial charge in [0.1, 0.15) is 5.75 Å². The molecular weight excluding hydrogens is 422 g/mol. The number of aryl methyl sites for hydroxylation is 1. The first-order valence-corrected chi connectivity index (χ1v) is 10.7. The zero-order valence-electron chi connectivity index (χ0n) is 18.0. The van der Waals surface area contributed by atoms with Gasteiger partial charge < -0.3 is 15.4 Å². The Kier molecular flexibility index (Phi) is 7.94. The van der Waals surface area contributed by atoms with Gasteiger partial charge in [-0.1, -0.05) is 25.1 Å². The van der Waals surface area contributed by atoms with Crippen molar-refractivity contribution in [3.63, 3.8) is 0 Å². The van der Waals surface area contributed by atoms with E-state index < -0.39 is 0 Å². The molecule has 3 aromatic carbocycles. The van der Waals surface area contributed by atoms with Crippen molar-refractivity contribution in [3.05, 3.63) is 89.5 Å². The molecule has 2 amide bonds. The lowest BCUT2D eigenvalue weighted by atomic mass is 10.1. The van der Waals surface area contributed by atoms with E-state index in [1.165, 1.54) is 0 Å². The monoisotopic (exact) mass is 447 g/mol. The molecule has 3 N–H and O–H groups in total. The second-order valence-corrected chi connectivity index (χ2v) is 7.54. The third-order valence-electron chi connectivity index (χ3n) is 4.58. The Bertz CT molecular complexity index is 1100. The molecule has 0 aliphatic rings. The molecule has 0 fully saturated rings. The first kappa shape index (κ1) is 23.0. The molecule has 32 heavy (non-hydrogen) atoms. The summed E-state index contributed by atoms with van der Waals surface area (Å²) in [5.74, 6) is 0.232. The van der Waals surface area contributed by atoms with E-state index in [0.29, 0.717) is 29.1 Å². The second kappa shape index (κ2) is 11.1. The average molecular weight is 448 g/mol. The van der Waals surface area contributed by atoms with Gasteiger partial charge in [-0.15, -0.1) is 0 Å². The minimum atomic E-state index is -0.312. The summed E-state index contributed by atoms with van der Waals surface area (Å²) in [5.41, 5.74) is 3.32. The van der Waals surface area contributed by atoms with Gasteiger partial charge in [0.25, 0.3) is 11.8 Å². The molecule has 0 aliphatic carbocycles. The van der Waals surface area contributed by atoms with Crippen LogP contribution in [0.5, 0.6) is 5.75 Å². The minimum Gasteiger partial charge on any atom is -0.494 e. The Labute approximate surface area is 193 Å². The van der Waals surface area contributed by atoms with E-state index in [9.17, 15) is 9.59 Å². The summed E-state index contributed by atoms with van der Waals surface area (Å²) >= 11 is 5.27. The maximum absolute atomic E-state index is 12.4. The quantitative estimate of drug-likeness (QED) is 0.436. The number of hydrogen-bond acceptors (Lipinski definition) is 4. The predicted octanol–water partition coefficient (Wildman–Crippen LogP) is 5.16. The number of carbonyl (C=O) groups is 2. The van der Waals surface area contributed by atoms with Crippen molar-refractivity contribution in [2.45, 2.75) is 20.3 Å². The largest absolute Gasteiger partial charge is 0.494 e. The molecule has 3 rings (SSSR count). The van der Waals surface area contributed by atoms with Gasteiger partial charge in [-0.25, -0.2) is 0 Å². The van der Waals surface area contributed by atoms with E-state index >= 15 is 0 Å². The molecule has 3 aromatic rings. The van der Waals surface area contributed by atoms with Crippen LogP contribution in [-0.4, -0.2) is 23.5 Å². The molecule has 0 atom stereocenters. The van der Waals surface area contributed by atoms with E-state index in [2.05, 4.69) is 16.0 Å². The number of carbonyl (C=O) groups excluding carboxylic acids is 2. The van der Waals surface area contributed by atoms with Gasteiger partial charge in [0.15, 0.2) is 5.11 Å². The highest BCUT2D eigenvalue weighted by Crippen LogP contribution is 2.20. The highest BCUT2D eigenvalue weighted by atomic mass is 32.1. The lowest BCUT2D eigenvalue weighted by molar-refractivity contribution is 0.0976. The number of ether oxygens (including phenoxy) is 1. The number of hydrogen-bond donors (Lipinski definition) is 3. The summed E-state index contributed by atoms with van der Waals surface area (Å²) in [6.07, 6.45) is 0.919. The molecule has 0 saturated heterocycles. The Morgan fingerprint density at radius 2 is 1.56 bits per heavy atom. The molecule has 0 spiro atoms. The summed E-state index contributed by atoms with van der Waals surface area (Å²) in [6, 6.07) is 21.3. The summed E-state index contributed by atoms with van der Waals surface area (Å²) in [4.78, 5) is 24.8. The van der Waals surface area contributed by atoms with Crippen molar-refractivity contribution >= 4 is 40.5 Å². The van der Waals surface area contributed by atoms with Crippen LogP contribution in [0.3, 0.4) is 0 Å². The first-order valence-electron chi connectivity index (χ1n) is 10.3. The smallest absolute Gasteiger partial charge is 0.257 e. The molecule has 0 saturated carbocycles. The highest BCUT2D eigenvalue weighted by molar-refractivity contribution is 7.80. The second-order valence-electron chi connectivity index (χ2n) is 7.13. The first-order chi connectivity index (χ1) is 15.5. The normalized spacial score (nSPS) is 10.2. The van der Waals surface area contributed by atoms with Crippen LogP contribution in [0.15, 0.2) is 72.8 Å². The van der Waals surface area contributed by atoms with Gasteiger partial charge >= 0.3 is 0 Å². The molecule has 0 radical (unpaired) electrons. The van der Waals surface area contributed by atoms with Crippen molar-refractivity contribution in [1.82, 2.24) is 5.32 Å². The Hall–Kier alpha value is -3.71. The Morgan fingerprint density at radius 1 is 0.875 bits per heavy atom. The fourth-order valence-corrected chi connectivity index (χ4v) is 3.14. The van der Waals surface area contributed by atoms with Gasteiger partial charge in [0.05, 0.1) is 6.61 Å². The van der Waals surface area contributed by atoms with E-state index in [0.717, 1.165) is 17.7 Å². The van der Waals surface area contributed by atoms with Crippen LogP contribution < -0.4 is 20.7 Å². The summed E-state index contributed by atoms with van der Waals surface area (Å²) in [6.45, 7) is 4.55. The number of thiocarbonyl (C=S) groups is 1. The zero-order chi connectivity index (χ0) is 22.9. The molecule has 0 aromatic heterocycles. The molecule has 164 valence electrons. The molecule has 6 nitrogen and oxygen atoms in total. The number of anilines is 2. The van der Waals surface area contributed by atoms with Crippen LogP contribution in [0.2, 0.25) is 0 Å². The van der Waals surface area contributed by atoms with Crippen molar-refractivity contribution < 1.29 is 14.3 Å². The fourth-order valence-electron chi connectivity index (χ4n) is 2.93. The minimum absolute atomic E-state index is 0.177. The van der Waals surface area contributed by atoms with Gasteiger partial charge in [-0.3, -0.25) is 14.9 Å². The van der Waals surface area contributed by atoms with Crippen LogP contribution >= 0.6 is 12.2 Å². The maximum Gasteiger partial charge on any atom is 0.257 e. The number of nitrogens with one attached hydrogen (secondary N) is 3. The van der Waals surface area contributed by atoms with Crippen molar-refractivity contribution in [2.75, 3.05) is 17.2 Å².